The van der Waals surface area contributed by atoms with Gasteiger partial charge in [0, 0.05) is 52.4 Å². The van der Waals surface area contributed by atoms with E-state index in [1.165, 1.54) is 0 Å². The number of nitrogens with zero attached hydrogens (tertiary/aromatic N) is 1. The minimum atomic E-state index is -0.322. The number of ketones is 1. The van der Waals surface area contributed by atoms with Crippen molar-refractivity contribution in [1.29, 1.82) is 0 Å². The normalized spacial score (nSPS) is 24.6. The number of piperidine rings is 1. The van der Waals surface area contributed by atoms with Gasteiger partial charge in [0.05, 0.1) is 11.4 Å². The van der Waals surface area contributed by atoms with Crippen LogP contribution in [0.2, 0.25) is 5.02 Å². The Kier molecular flexibility index (Phi) is 7.30. The van der Waals surface area contributed by atoms with Crippen LogP contribution in [0.5, 0.6) is 0 Å². The first-order valence-electron chi connectivity index (χ1n) is 12.5. The lowest BCUT2D eigenvalue weighted by molar-refractivity contribution is -0.127. The number of rotatable bonds is 6. The summed E-state index contributed by atoms with van der Waals surface area (Å²) in [6.07, 6.45) is 6.27. The summed E-state index contributed by atoms with van der Waals surface area (Å²) < 4.78 is 0. The first kappa shape index (κ1) is 23.8. The van der Waals surface area contributed by atoms with Gasteiger partial charge in [0.25, 0.3) is 0 Å². The second-order valence-corrected chi connectivity index (χ2v) is 10.1. The van der Waals surface area contributed by atoms with Crippen LogP contribution in [0.25, 0.3) is 10.9 Å². The number of fused-ring (bicyclic) bond motifs is 1. The van der Waals surface area contributed by atoms with Crippen molar-refractivity contribution in [3.05, 3.63) is 71.4 Å². The van der Waals surface area contributed by atoms with E-state index in [0.717, 1.165) is 48.8 Å². The number of nitrogens with one attached hydrogen (secondary N) is 3. The van der Waals surface area contributed by atoms with Crippen LogP contribution < -0.4 is 16.0 Å². The maximum Gasteiger partial charge on any atom is 0.224 e. The monoisotopic (exact) mass is 490 g/mol. The molecule has 1 saturated heterocycles. The molecule has 2 aliphatic rings. The lowest BCUT2D eigenvalue weighted by Gasteiger charge is -2.34. The number of hydrogen-bond acceptors (Lipinski definition) is 5. The van der Waals surface area contributed by atoms with Crippen molar-refractivity contribution >= 4 is 39.9 Å². The van der Waals surface area contributed by atoms with Gasteiger partial charge in [-0.1, -0.05) is 41.9 Å². The molecule has 2 fully saturated rings. The van der Waals surface area contributed by atoms with Crippen molar-refractivity contribution in [3.63, 3.8) is 0 Å². The number of carbonyl (C=O) groups is 2. The standard InChI is InChI=1S/C28H31ClN4O2/c29-19-6-11-23-25(13-15-31-26(23)16-19)32-20-7-9-21(10-8-20)33-28(35)22-12-14-30-17-24(22)27(34)18-4-2-1-3-5-18/h1-6,11,13,15-16,20-22,24,30H,7-10,12,14,17H2,(H,31,32)(H,33,35). The lowest BCUT2D eigenvalue weighted by atomic mass is 9.80. The number of benzene rings is 2. The molecule has 2 atom stereocenters. The average molecular weight is 491 g/mol. The molecule has 1 saturated carbocycles. The smallest absolute Gasteiger partial charge is 0.224 e. The van der Waals surface area contributed by atoms with Crippen molar-refractivity contribution in [2.24, 2.45) is 11.8 Å². The van der Waals surface area contributed by atoms with Crippen molar-refractivity contribution in [1.82, 2.24) is 15.6 Å². The molecule has 5 rings (SSSR count). The van der Waals surface area contributed by atoms with Crippen molar-refractivity contribution in [2.45, 2.75) is 44.2 Å². The van der Waals surface area contributed by atoms with Gasteiger partial charge in [-0.2, -0.15) is 0 Å². The molecule has 6 nitrogen and oxygen atoms in total. The summed E-state index contributed by atoms with van der Waals surface area (Å²) >= 11 is 6.12. The van der Waals surface area contributed by atoms with Gasteiger partial charge in [-0.05, 0) is 62.9 Å². The highest BCUT2D eigenvalue weighted by Crippen LogP contribution is 2.29. The van der Waals surface area contributed by atoms with Gasteiger partial charge in [-0.15, -0.1) is 0 Å². The van der Waals surface area contributed by atoms with Gasteiger partial charge in [0.1, 0.15) is 0 Å². The summed E-state index contributed by atoms with van der Waals surface area (Å²) in [7, 11) is 0. The molecule has 1 aliphatic carbocycles. The fourth-order valence-electron chi connectivity index (χ4n) is 5.42. The largest absolute Gasteiger partial charge is 0.382 e. The van der Waals surface area contributed by atoms with Gasteiger partial charge in [-0.25, -0.2) is 0 Å². The molecule has 3 aromatic rings. The summed E-state index contributed by atoms with van der Waals surface area (Å²) in [6.45, 7) is 1.31. The number of aromatic nitrogens is 1. The third-order valence-corrected chi connectivity index (χ3v) is 7.59. The average Bonchev–Trinajstić information content (AvgIpc) is 2.90. The minimum absolute atomic E-state index is 0.0224. The highest BCUT2D eigenvalue weighted by atomic mass is 35.5. The SMILES string of the molecule is O=C(NC1CCC(Nc2ccnc3cc(Cl)ccc23)CC1)C1CCNCC1C(=O)c1ccccc1. The summed E-state index contributed by atoms with van der Waals surface area (Å²) in [6, 6.07) is 17.6. The van der Waals surface area contributed by atoms with Crippen LogP contribution in [0.1, 0.15) is 42.5 Å². The van der Waals surface area contributed by atoms with Crippen LogP contribution in [-0.2, 0) is 4.79 Å². The van der Waals surface area contributed by atoms with E-state index in [1.54, 1.807) is 6.20 Å². The summed E-state index contributed by atoms with van der Waals surface area (Å²) in [5.74, 6) is -0.529. The third kappa shape index (κ3) is 5.49. The lowest BCUT2D eigenvalue weighted by Crippen LogP contribution is -2.50. The quantitative estimate of drug-likeness (QED) is 0.431. The molecule has 2 aromatic carbocycles. The molecule has 0 radical (unpaired) electrons. The predicted octanol–water partition coefficient (Wildman–Crippen LogP) is 4.84. The zero-order chi connectivity index (χ0) is 24.2. The highest BCUT2D eigenvalue weighted by molar-refractivity contribution is 6.31. The second-order valence-electron chi connectivity index (χ2n) is 9.66. The Hall–Kier alpha value is -2.96. The molecule has 1 aliphatic heterocycles. The number of halogens is 1. The van der Waals surface area contributed by atoms with E-state index in [-0.39, 0.29) is 29.6 Å². The number of hydrogen-bond donors (Lipinski definition) is 3. The maximum absolute atomic E-state index is 13.2. The summed E-state index contributed by atoms with van der Waals surface area (Å²) in [4.78, 5) is 30.8. The van der Waals surface area contributed by atoms with Gasteiger partial charge >= 0.3 is 0 Å². The first-order valence-corrected chi connectivity index (χ1v) is 12.9. The van der Waals surface area contributed by atoms with Crippen molar-refractivity contribution in [2.75, 3.05) is 18.4 Å². The Labute approximate surface area is 210 Å². The van der Waals surface area contributed by atoms with Gasteiger partial charge < -0.3 is 16.0 Å². The van der Waals surface area contributed by atoms with Crippen LogP contribution in [0, 0.1) is 11.8 Å². The molecule has 1 amide bonds. The van der Waals surface area contributed by atoms with Crippen molar-refractivity contribution < 1.29 is 9.59 Å². The topological polar surface area (TPSA) is 83.1 Å². The van der Waals surface area contributed by atoms with E-state index in [9.17, 15) is 9.59 Å². The molecular weight excluding hydrogens is 460 g/mol. The maximum atomic E-state index is 13.2. The van der Waals surface area contributed by atoms with E-state index >= 15 is 0 Å². The fourth-order valence-corrected chi connectivity index (χ4v) is 5.59. The molecule has 2 unspecified atom stereocenters. The Morgan fingerprint density at radius 3 is 2.49 bits per heavy atom. The molecular formula is C28H31ClN4O2. The first-order chi connectivity index (χ1) is 17.1. The number of Topliss-reactive ketones (excluding diaryl/α,β-unsaturated/α-hetero) is 1. The van der Waals surface area contributed by atoms with E-state index in [2.05, 4.69) is 20.9 Å². The minimum Gasteiger partial charge on any atom is -0.382 e. The zero-order valence-corrected chi connectivity index (χ0v) is 20.4. The van der Waals surface area contributed by atoms with E-state index in [4.69, 9.17) is 11.6 Å². The predicted molar refractivity (Wildman–Crippen MR) is 140 cm³/mol. The van der Waals surface area contributed by atoms with Crippen LogP contribution in [0.4, 0.5) is 5.69 Å². The molecule has 3 N–H and O–H groups in total. The van der Waals surface area contributed by atoms with E-state index in [0.29, 0.717) is 29.6 Å². The Morgan fingerprint density at radius 1 is 0.914 bits per heavy atom. The molecule has 2 heterocycles. The molecule has 1 aromatic heterocycles. The van der Waals surface area contributed by atoms with Gasteiger partial charge in [0.2, 0.25) is 5.91 Å². The Morgan fingerprint density at radius 2 is 1.69 bits per heavy atom. The highest BCUT2D eigenvalue weighted by Gasteiger charge is 2.37. The number of amides is 1. The van der Waals surface area contributed by atoms with E-state index < -0.39 is 0 Å². The van der Waals surface area contributed by atoms with Crippen LogP contribution >= 0.6 is 11.6 Å². The van der Waals surface area contributed by atoms with Crippen LogP contribution in [0.3, 0.4) is 0 Å². The summed E-state index contributed by atoms with van der Waals surface area (Å²) in [5.41, 5.74) is 2.62. The van der Waals surface area contributed by atoms with Gasteiger partial charge in [0.15, 0.2) is 5.78 Å². The molecule has 35 heavy (non-hydrogen) atoms. The molecule has 182 valence electrons. The third-order valence-electron chi connectivity index (χ3n) is 7.35. The fraction of sp³-hybridized carbons (Fsp3) is 0.393. The molecule has 7 heteroatoms. The van der Waals surface area contributed by atoms with Crippen LogP contribution in [-0.4, -0.2) is 41.8 Å². The van der Waals surface area contributed by atoms with E-state index in [1.807, 2.05) is 54.6 Å². The Balaban J connectivity index is 1.17. The number of pyridine rings is 1. The van der Waals surface area contributed by atoms with Crippen LogP contribution in [0.15, 0.2) is 60.8 Å². The van der Waals surface area contributed by atoms with Gasteiger partial charge in [-0.3, -0.25) is 14.6 Å². The molecule has 0 spiro atoms. The zero-order valence-electron chi connectivity index (χ0n) is 19.7. The number of anilines is 1. The number of carbonyl (C=O) groups excluding carboxylic acids is 2. The second kappa shape index (κ2) is 10.8. The van der Waals surface area contributed by atoms with Crippen molar-refractivity contribution in [3.8, 4) is 0 Å². The summed E-state index contributed by atoms with van der Waals surface area (Å²) in [5, 5.41) is 12.0. The molecule has 0 bridgehead atoms. The Bertz CT molecular complexity index is 1190.